The predicted octanol–water partition coefficient (Wildman–Crippen LogP) is 4.67. The third kappa shape index (κ3) is 4.60. The summed E-state index contributed by atoms with van der Waals surface area (Å²) < 4.78 is 76.3. The first-order chi connectivity index (χ1) is 16.7. The number of nitrogens with one attached hydrogen (secondary N) is 1. The smallest absolute Gasteiger partial charge is 0.449 e. The molecule has 1 atom stereocenters. The minimum atomic E-state index is -5.08. The number of halogens is 7. The van der Waals surface area contributed by atoms with Crippen LogP contribution in [0.4, 0.5) is 32.6 Å². The molecule has 1 unspecified atom stereocenters. The van der Waals surface area contributed by atoms with E-state index >= 15 is 0 Å². The van der Waals surface area contributed by atoms with Crippen LogP contribution in [0.2, 0.25) is 10.0 Å². The maximum Gasteiger partial charge on any atom is 0.573 e. The monoisotopic (exact) mass is 553 g/mol. The van der Waals surface area contributed by atoms with Crippen LogP contribution in [0.15, 0.2) is 12.1 Å². The van der Waals surface area contributed by atoms with Crippen molar-refractivity contribution in [3.05, 3.63) is 33.4 Å². The molecule has 2 aliphatic carbocycles. The number of nitriles is 1. The molecule has 4 rings (SSSR count). The fourth-order valence-corrected chi connectivity index (χ4v) is 4.30. The third-order valence-corrected chi connectivity index (χ3v) is 6.20. The topological polar surface area (TPSA) is 132 Å². The molecule has 0 saturated heterocycles. The molecule has 0 bridgehead atoms. The van der Waals surface area contributed by atoms with E-state index in [-0.39, 0.29) is 12.5 Å². The van der Waals surface area contributed by atoms with Crippen molar-refractivity contribution < 1.29 is 41.0 Å². The minimum Gasteiger partial charge on any atom is -0.449 e. The Morgan fingerprint density at radius 1 is 1.28 bits per heavy atom. The number of amides is 2. The number of aromatic nitrogens is 2. The molecule has 2 fully saturated rings. The van der Waals surface area contributed by atoms with Crippen LogP contribution in [-0.2, 0) is 14.9 Å². The normalized spacial score (nSPS) is 20.4. The van der Waals surface area contributed by atoms with E-state index in [1.54, 1.807) is 6.07 Å². The highest BCUT2D eigenvalue weighted by Gasteiger charge is 2.78. The van der Waals surface area contributed by atoms with Crippen LogP contribution < -0.4 is 15.8 Å². The van der Waals surface area contributed by atoms with Gasteiger partial charge in [-0.05, 0) is 18.8 Å². The molecule has 3 N–H and O–H groups in total. The van der Waals surface area contributed by atoms with Crippen molar-refractivity contribution in [3.63, 3.8) is 0 Å². The predicted molar refractivity (Wildman–Crippen MR) is 113 cm³/mol. The van der Waals surface area contributed by atoms with Gasteiger partial charge in [-0.15, -0.1) is 13.2 Å². The van der Waals surface area contributed by atoms with Crippen LogP contribution in [0.1, 0.15) is 30.5 Å². The highest BCUT2D eigenvalue weighted by atomic mass is 35.5. The molecule has 0 aliphatic heterocycles. The Kier molecular flexibility index (Phi) is 6.20. The van der Waals surface area contributed by atoms with Gasteiger partial charge in [0, 0.05) is 18.6 Å². The zero-order valence-corrected chi connectivity index (χ0v) is 19.3. The first kappa shape index (κ1) is 25.8. The number of anilines is 1. The number of nitrogens with zero attached hydrogens (tertiary/aromatic N) is 3. The van der Waals surface area contributed by atoms with E-state index in [0.717, 1.165) is 12.8 Å². The Labute approximate surface area is 208 Å². The lowest BCUT2D eigenvalue weighted by Gasteiger charge is -2.18. The summed E-state index contributed by atoms with van der Waals surface area (Å²) in [6.07, 6.45) is -5.65. The van der Waals surface area contributed by atoms with Crippen molar-refractivity contribution >= 4 is 41.0 Å². The number of ether oxygens (including phenoxy) is 2. The first-order valence-corrected chi connectivity index (χ1v) is 10.9. The highest BCUT2D eigenvalue weighted by Crippen LogP contribution is 2.63. The summed E-state index contributed by atoms with van der Waals surface area (Å²) in [7, 11) is 0. The molecule has 2 amide bonds. The average molecular weight is 554 g/mol. The van der Waals surface area contributed by atoms with Crippen molar-refractivity contribution in [2.45, 2.75) is 37.0 Å². The van der Waals surface area contributed by atoms with Crippen LogP contribution >= 0.6 is 23.2 Å². The van der Waals surface area contributed by atoms with E-state index in [2.05, 4.69) is 15.2 Å². The number of benzene rings is 1. The molecule has 0 radical (unpaired) electrons. The number of rotatable bonds is 7. The fourth-order valence-electron chi connectivity index (χ4n) is 3.68. The fraction of sp³-hybridized carbons (Fsp3) is 0.400. The van der Waals surface area contributed by atoms with Crippen molar-refractivity contribution in [1.82, 2.24) is 9.78 Å². The molecular weight excluding hydrogens is 540 g/mol. The minimum absolute atomic E-state index is 0.0164. The SMILES string of the molecule is N#Cc1nn(-c2c(Cl)cc(OC(F)(F)F)cc2Cl)c(NC(=O)OCC2CC2)c1C1(C(N)=O)CC1(F)F. The van der Waals surface area contributed by atoms with Crippen LogP contribution in [0.3, 0.4) is 0 Å². The zero-order chi connectivity index (χ0) is 26.6. The molecule has 2 saturated carbocycles. The van der Waals surface area contributed by atoms with Crippen molar-refractivity contribution in [1.29, 1.82) is 5.26 Å². The second-order valence-electron chi connectivity index (χ2n) is 8.20. The maximum absolute atomic E-state index is 14.5. The van der Waals surface area contributed by atoms with E-state index < -0.39 is 74.7 Å². The number of nitrogens with two attached hydrogens (primary N) is 1. The van der Waals surface area contributed by atoms with Gasteiger partial charge in [0.25, 0.3) is 5.92 Å². The molecule has 192 valence electrons. The Balaban J connectivity index is 1.88. The van der Waals surface area contributed by atoms with Crippen LogP contribution in [0, 0.1) is 17.2 Å². The molecule has 2 aromatic rings. The van der Waals surface area contributed by atoms with Crippen molar-refractivity contribution in [2.24, 2.45) is 11.7 Å². The molecule has 0 spiro atoms. The molecule has 1 aromatic heterocycles. The summed E-state index contributed by atoms with van der Waals surface area (Å²) in [6, 6.07) is 2.96. The first-order valence-electron chi connectivity index (χ1n) is 10.1. The molecular formula is C20H14Cl2F5N5O4. The Morgan fingerprint density at radius 3 is 2.31 bits per heavy atom. The van der Waals surface area contributed by atoms with E-state index in [1.165, 1.54) is 0 Å². The largest absolute Gasteiger partial charge is 0.573 e. The quantitative estimate of drug-likeness (QED) is 0.479. The molecule has 16 heteroatoms. The maximum atomic E-state index is 14.5. The molecule has 2 aliphatic rings. The van der Waals surface area contributed by atoms with Gasteiger partial charge in [0.2, 0.25) is 5.91 Å². The second-order valence-corrected chi connectivity index (χ2v) is 9.01. The number of carbonyl (C=O) groups excluding carboxylic acids is 2. The van der Waals surface area contributed by atoms with Gasteiger partial charge in [-0.3, -0.25) is 10.1 Å². The van der Waals surface area contributed by atoms with Gasteiger partial charge >= 0.3 is 12.5 Å². The summed E-state index contributed by atoms with van der Waals surface area (Å²) in [5.41, 5.74) is 0.721. The van der Waals surface area contributed by atoms with Gasteiger partial charge in [0.1, 0.15) is 28.7 Å². The second kappa shape index (κ2) is 8.67. The highest BCUT2D eigenvalue weighted by molar-refractivity contribution is 6.38. The molecule has 1 aromatic carbocycles. The van der Waals surface area contributed by atoms with Crippen molar-refractivity contribution in [3.8, 4) is 17.5 Å². The summed E-state index contributed by atoms with van der Waals surface area (Å²) in [4.78, 5) is 24.6. The lowest BCUT2D eigenvalue weighted by Crippen LogP contribution is -2.35. The molecule has 1 heterocycles. The van der Waals surface area contributed by atoms with Gasteiger partial charge < -0.3 is 15.2 Å². The van der Waals surface area contributed by atoms with E-state index in [9.17, 15) is 36.8 Å². The van der Waals surface area contributed by atoms with Crippen LogP contribution in [0.5, 0.6) is 5.75 Å². The average Bonchev–Trinajstić information content (AvgIpc) is 3.62. The summed E-state index contributed by atoms with van der Waals surface area (Å²) in [5, 5.41) is 14.6. The Hall–Kier alpha value is -3.31. The number of carbonyl (C=O) groups is 2. The van der Waals surface area contributed by atoms with Crippen molar-refractivity contribution in [2.75, 3.05) is 11.9 Å². The van der Waals surface area contributed by atoms with Gasteiger partial charge in [-0.1, -0.05) is 23.2 Å². The molecule has 36 heavy (non-hydrogen) atoms. The summed E-state index contributed by atoms with van der Waals surface area (Å²) >= 11 is 12.2. The standard InChI is InChI=1S/C20H14Cl2F5N5O4/c21-10-3-9(36-20(25,26)27)4-11(22)14(10)32-15(30-17(34)35-6-8-1-2-8)13(12(5-28)31-32)18(16(29)33)7-19(18,23)24/h3-4,8H,1-2,6-7H2,(H2,29,33)(H,30,34). The Bertz CT molecular complexity index is 1280. The van der Waals surface area contributed by atoms with Crippen LogP contribution in [-0.4, -0.2) is 40.7 Å². The van der Waals surface area contributed by atoms with Gasteiger partial charge in [0.05, 0.1) is 22.2 Å². The Morgan fingerprint density at radius 2 is 1.86 bits per heavy atom. The van der Waals surface area contributed by atoms with E-state index in [0.29, 0.717) is 16.8 Å². The lowest BCUT2D eigenvalue weighted by atomic mass is 9.93. The van der Waals surface area contributed by atoms with Gasteiger partial charge in [-0.2, -0.15) is 10.4 Å². The van der Waals surface area contributed by atoms with E-state index in [1.807, 2.05) is 0 Å². The number of primary amides is 1. The summed E-state index contributed by atoms with van der Waals surface area (Å²) in [5.74, 6) is -6.51. The number of hydrogen-bond donors (Lipinski definition) is 2. The van der Waals surface area contributed by atoms with E-state index in [4.69, 9.17) is 33.7 Å². The number of hydrogen-bond acceptors (Lipinski definition) is 6. The zero-order valence-electron chi connectivity index (χ0n) is 17.8. The lowest BCUT2D eigenvalue weighted by molar-refractivity contribution is -0.274. The van der Waals surface area contributed by atoms with Gasteiger partial charge in [-0.25, -0.2) is 18.3 Å². The summed E-state index contributed by atoms with van der Waals surface area (Å²) in [6.45, 7) is 0.0164. The third-order valence-electron chi connectivity index (χ3n) is 5.63. The molecule has 9 nitrogen and oxygen atoms in total. The number of alkyl halides is 5. The van der Waals surface area contributed by atoms with Crippen LogP contribution in [0.25, 0.3) is 5.69 Å². The van der Waals surface area contributed by atoms with Gasteiger partial charge in [0.15, 0.2) is 5.69 Å².